The summed E-state index contributed by atoms with van der Waals surface area (Å²) >= 11 is 1.66. The van der Waals surface area contributed by atoms with E-state index in [-0.39, 0.29) is 11.7 Å². The predicted molar refractivity (Wildman–Crippen MR) is 110 cm³/mol. The molecule has 28 heavy (non-hydrogen) atoms. The molecule has 7 heteroatoms. The Bertz CT molecular complexity index is 969. The molecule has 0 aliphatic rings. The van der Waals surface area contributed by atoms with Crippen LogP contribution in [0.5, 0.6) is 0 Å². The quantitative estimate of drug-likeness (QED) is 0.458. The van der Waals surface area contributed by atoms with E-state index in [0.717, 1.165) is 45.4 Å². The van der Waals surface area contributed by atoms with Gasteiger partial charge in [-0.1, -0.05) is 0 Å². The van der Waals surface area contributed by atoms with Gasteiger partial charge in [-0.3, -0.25) is 4.79 Å². The Morgan fingerprint density at radius 3 is 2.71 bits per heavy atom. The summed E-state index contributed by atoms with van der Waals surface area (Å²) in [5.74, 6) is 0.699. The lowest BCUT2D eigenvalue weighted by atomic mass is 10.1. The predicted octanol–water partition coefficient (Wildman–Crippen LogP) is 4.02. The highest BCUT2D eigenvalue weighted by atomic mass is 32.2. The van der Waals surface area contributed by atoms with Crippen molar-refractivity contribution in [2.24, 2.45) is 0 Å². The first-order valence-corrected chi connectivity index (χ1v) is 10.4. The largest absolute Gasteiger partial charge is 0.356 e. The van der Waals surface area contributed by atoms with Crippen LogP contribution in [0.3, 0.4) is 0 Å². The standard InChI is InChI=1S/C21H25FN4OS/c1-14-13-20-24-15(2)19(16(3)26(20)25-14)9-10-21(27)23-11-4-12-28-18-7-5-17(22)6-8-18/h5-8,13H,4,9-12H2,1-3H3,(H,23,27). The van der Waals surface area contributed by atoms with Gasteiger partial charge in [0.05, 0.1) is 5.69 Å². The van der Waals surface area contributed by atoms with Crippen LogP contribution in [0.15, 0.2) is 35.2 Å². The lowest BCUT2D eigenvalue weighted by molar-refractivity contribution is -0.121. The molecule has 0 saturated heterocycles. The Balaban J connectivity index is 1.43. The zero-order valence-electron chi connectivity index (χ0n) is 16.5. The molecule has 0 fully saturated rings. The Morgan fingerprint density at radius 2 is 1.96 bits per heavy atom. The van der Waals surface area contributed by atoms with Crippen molar-refractivity contribution in [3.8, 4) is 0 Å². The molecule has 1 aromatic carbocycles. The highest BCUT2D eigenvalue weighted by Gasteiger charge is 2.12. The van der Waals surface area contributed by atoms with Crippen molar-refractivity contribution >= 4 is 23.3 Å². The number of nitrogens with zero attached hydrogens (tertiary/aromatic N) is 3. The average Bonchev–Trinajstić information content (AvgIpc) is 3.03. The second kappa shape index (κ2) is 9.19. The molecule has 2 heterocycles. The molecule has 1 amide bonds. The summed E-state index contributed by atoms with van der Waals surface area (Å²) in [7, 11) is 0. The summed E-state index contributed by atoms with van der Waals surface area (Å²) in [5.41, 5.74) is 4.85. The first kappa shape index (κ1) is 20.3. The third-order valence-corrected chi connectivity index (χ3v) is 5.71. The second-order valence-corrected chi connectivity index (χ2v) is 7.99. The van der Waals surface area contributed by atoms with Gasteiger partial charge < -0.3 is 5.32 Å². The van der Waals surface area contributed by atoms with Crippen LogP contribution in [-0.4, -0.2) is 32.8 Å². The van der Waals surface area contributed by atoms with Crippen molar-refractivity contribution in [1.82, 2.24) is 19.9 Å². The van der Waals surface area contributed by atoms with Gasteiger partial charge in [0.25, 0.3) is 0 Å². The Hall–Kier alpha value is -2.41. The molecule has 1 N–H and O–H groups in total. The second-order valence-electron chi connectivity index (χ2n) is 6.82. The summed E-state index contributed by atoms with van der Waals surface area (Å²) in [6.45, 7) is 6.59. The van der Waals surface area contributed by atoms with Crippen LogP contribution >= 0.6 is 11.8 Å². The van der Waals surface area contributed by atoms with E-state index in [1.807, 2.05) is 31.4 Å². The molecular weight excluding hydrogens is 375 g/mol. The molecule has 5 nitrogen and oxygen atoms in total. The maximum atomic E-state index is 12.9. The van der Waals surface area contributed by atoms with Gasteiger partial charge in [-0.2, -0.15) is 5.10 Å². The first-order valence-electron chi connectivity index (χ1n) is 9.41. The normalized spacial score (nSPS) is 11.1. The third-order valence-electron chi connectivity index (χ3n) is 4.61. The smallest absolute Gasteiger partial charge is 0.220 e. The summed E-state index contributed by atoms with van der Waals surface area (Å²) in [6, 6.07) is 8.43. The summed E-state index contributed by atoms with van der Waals surface area (Å²) in [6.07, 6.45) is 1.95. The number of nitrogens with one attached hydrogen (secondary N) is 1. The zero-order valence-corrected chi connectivity index (χ0v) is 17.3. The van der Waals surface area contributed by atoms with E-state index in [1.54, 1.807) is 23.9 Å². The van der Waals surface area contributed by atoms with Crippen LogP contribution in [0.2, 0.25) is 0 Å². The van der Waals surface area contributed by atoms with Crippen LogP contribution in [0.4, 0.5) is 4.39 Å². The van der Waals surface area contributed by atoms with Gasteiger partial charge >= 0.3 is 0 Å². The minimum atomic E-state index is -0.223. The number of hydrogen-bond donors (Lipinski definition) is 1. The molecule has 148 valence electrons. The number of benzene rings is 1. The van der Waals surface area contributed by atoms with Crippen molar-refractivity contribution < 1.29 is 9.18 Å². The van der Waals surface area contributed by atoms with Gasteiger partial charge in [-0.05, 0) is 69.2 Å². The summed E-state index contributed by atoms with van der Waals surface area (Å²) in [5, 5.41) is 7.45. The molecule has 0 saturated carbocycles. The molecule has 0 spiro atoms. The number of thioether (sulfide) groups is 1. The van der Waals surface area contributed by atoms with Crippen LogP contribution in [0.1, 0.15) is 35.5 Å². The summed E-state index contributed by atoms with van der Waals surface area (Å²) in [4.78, 5) is 17.8. The fourth-order valence-electron chi connectivity index (χ4n) is 3.15. The minimum absolute atomic E-state index is 0.0438. The van der Waals surface area contributed by atoms with Gasteiger partial charge in [0.2, 0.25) is 5.91 Å². The van der Waals surface area contributed by atoms with Crippen molar-refractivity contribution in [2.75, 3.05) is 12.3 Å². The number of rotatable bonds is 8. The van der Waals surface area contributed by atoms with Gasteiger partial charge in [0, 0.05) is 35.3 Å². The van der Waals surface area contributed by atoms with E-state index in [0.29, 0.717) is 19.4 Å². The van der Waals surface area contributed by atoms with Crippen LogP contribution < -0.4 is 5.32 Å². The lowest BCUT2D eigenvalue weighted by Gasteiger charge is -2.11. The Labute approximate surface area is 168 Å². The number of amides is 1. The zero-order chi connectivity index (χ0) is 20.1. The molecular formula is C21H25FN4OS. The van der Waals surface area contributed by atoms with Crippen LogP contribution in [0.25, 0.3) is 5.65 Å². The molecule has 0 radical (unpaired) electrons. The summed E-state index contributed by atoms with van der Waals surface area (Å²) < 4.78 is 14.7. The molecule has 0 atom stereocenters. The van der Waals surface area contributed by atoms with Gasteiger partial charge in [0.15, 0.2) is 5.65 Å². The van der Waals surface area contributed by atoms with Crippen molar-refractivity contribution in [2.45, 2.75) is 44.9 Å². The third kappa shape index (κ3) is 5.10. The van der Waals surface area contributed by atoms with Crippen LogP contribution in [-0.2, 0) is 11.2 Å². The topological polar surface area (TPSA) is 59.3 Å². The minimum Gasteiger partial charge on any atom is -0.356 e. The lowest BCUT2D eigenvalue weighted by Crippen LogP contribution is -2.25. The SMILES string of the molecule is Cc1cc2nc(C)c(CCC(=O)NCCCSc3ccc(F)cc3)c(C)n2n1. The molecule has 3 aromatic rings. The van der Waals surface area contributed by atoms with Gasteiger partial charge in [0.1, 0.15) is 5.82 Å². The fraction of sp³-hybridized carbons (Fsp3) is 0.381. The number of aryl methyl sites for hydroxylation is 3. The molecule has 0 aliphatic heterocycles. The molecule has 0 bridgehead atoms. The highest BCUT2D eigenvalue weighted by molar-refractivity contribution is 7.99. The van der Waals surface area contributed by atoms with Gasteiger partial charge in [-0.25, -0.2) is 13.9 Å². The Morgan fingerprint density at radius 1 is 1.21 bits per heavy atom. The van der Waals surface area contributed by atoms with E-state index in [2.05, 4.69) is 15.4 Å². The molecule has 0 aliphatic carbocycles. The van der Waals surface area contributed by atoms with E-state index < -0.39 is 0 Å². The molecule has 3 rings (SSSR count). The van der Waals surface area contributed by atoms with Crippen LogP contribution in [0, 0.1) is 26.6 Å². The van der Waals surface area contributed by atoms with Gasteiger partial charge in [-0.15, -0.1) is 11.8 Å². The van der Waals surface area contributed by atoms with E-state index in [9.17, 15) is 9.18 Å². The number of halogens is 1. The number of fused-ring (bicyclic) bond motifs is 1. The number of hydrogen-bond acceptors (Lipinski definition) is 4. The van der Waals surface area contributed by atoms with Crippen molar-refractivity contribution in [3.63, 3.8) is 0 Å². The monoisotopic (exact) mass is 400 g/mol. The number of aromatic nitrogens is 3. The molecule has 0 unspecified atom stereocenters. The van der Waals surface area contributed by atoms with Crippen molar-refractivity contribution in [3.05, 3.63) is 58.8 Å². The van der Waals surface area contributed by atoms with E-state index in [4.69, 9.17) is 0 Å². The van der Waals surface area contributed by atoms with Crippen molar-refractivity contribution in [1.29, 1.82) is 0 Å². The fourth-order valence-corrected chi connectivity index (χ4v) is 4.00. The number of carbonyl (C=O) groups is 1. The number of carbonyl (C=O) groups excluding carboxylic acids is 1. The average molecular weight is 401 g/mol. The van der Waals surface area contributed by atoms with E-state index >= 15 is 0 Å². The first-order chi connectivity index (χ1) is 13.4. The Kier molecular flexibility index (Phi) is 6.67. The molecule has 2 aromatic heterocycles. The maximum Gasteiger partial charge on any atom is 0.220 e. The highest BCUT2D eigenvalue weighted by Crippen LogP contribution is 2.19. The van der Waals surface area contributed by atoms with E-state index in [1.165, 1.54) is 12.1 Å². The maximum absolute atomic E-state index is 12.9.